The fourth-order valence-corrected chi connectivity index (χ4v) is 6.22. The number of aromatic hydroxyl groups is 2. The monoisotopic (exact) mass is 732 g/mol. The lowest BCUT2D eigenvalue weighted by atomic mass is 9.89. The highest BCUT2D eigenvalue weighted by molar-refractivity contribution is 5.91. The van der Waals surface area contributed by atoms with E-state index in [1.54, 1.807) is 24.3 Å². The molecular weight excluding hydrogens is 688 g/mol. The summed E-state index contributed by atoms with van der Waals surface area (Å²) in [6.45, 7) is 5.18. The van der Waals surface area contributed by atoms with Crippen molar-refractivity contribution in [2.75, 3.05) is 20.3 Å². The molecule has 2 saturated heterocycles. The van der Waals surface area contributed by atoms with Gasteiger partial charge in [-0.2, -0.15) is 0 Å². The van der Waals surface area contributed by atoms with Gasteiger partial charge in [-0.05, 0) is 51.5 Å². The summed E-state index contributed by atoms with van der Waals surface area (Å²) >= 11 is 0. The number of ether oxygens (including phenoxy) is 6. The smallest absolute Gasteiger partial charge is 0.303 e. The predicted molar refractivity (Wildman–Crippen MR) is 181 cm³/mol. The summed E-state index contributed by atoms with van der Waals surface area (Å²) < 4.78 is 40.2. The van der Waals surface area contributed by atoms with E-state index < -0.39 is 97.3 Å². The van der Waals surface area contributed by atoms with Crippen molar-refractivity contribution in [3.63, 3.8) is 0 Å². The van der Waals surface area contributed by atoms with Gasteiger partial charge in [0.1, 0.15) is 64.8 Å². The molecule has 0 bridgehead atoms. The Labute approximate surface area is 298 Å². The number of aliphatic hydroxyl groups is 5. The Hall–Kier alpha value is -4.26. The van der Waals surface area contributed by atoms with Gasteiger partial charge in [0, 0.05) is 24.1 Å². The van der Waals surface area contributed by atoms with Gasteiger partial charge in [0.15, 0.2) is 12.1 Å². The topological polar surface area (TPSA) is 244 Å². The van der Waals surface area contributed by atoms with Crippen LogP contribution in [0.4, 0.5) is 0 Å². The van der Waals surface area contributed by atoms with Crippen LogP contribution in [0.5, 0.6) is 23.0 Å². The molecule has 1 aromatic heterocycles. The molecule has 2 aliphatic rings. The number of hydrogen-bond acceptors (Lipinski definition) is 16. The molecule has 52 heavy (non-hydrogen) atoms. The highest BCUT2D eigenvalue weighted by Gasteiger charge is 2.49. The Morgan fingerprint density at radius 2 is 1.62 bits per heavy atom. The zero-order valence-corrected chi connectivity index (χ0v) is 29.2. The SMILES string of the molecule is COc1ccc(-c2oc3c(CC=C(C)C)c(O)cc(O)c3c(=O)c2OC2OC(C)C(OC(C)=O)C(COC3OC(CO)C(O)C(O)C3O)C2O)cc1. The van der Waals surface area contributed by atoms with E-state index >= 15 is 0 Å². The number of methoxy groups -OCH3 is 1. The zero-order valence-electron chi connectivity index (χ0n) is 29.2. The van der Waals surface area contributed by atoms with E-state index in [1.165, 1.54) is 14.0 Å². The van der Waals surface area contributed by atoms with E-state index in [0.29, 0.717) is 11.3 Å². The van der Waals surface area contributed by atoms with Crippen molar-refractivity contribution in [2.45, 2.75) is 89.4 Å². The summed E-state index contributed by atoms with van der Waals surface area (Å²) in [6.07, 6.45) is -11.5. The summed E-state index contributed by atoms with van der Waals surface area (Å²) in [5.41, 5.74) is 0.516. The number of carbonyl (C=O) groups excluding carboxylic acids is 1. The third-order valence-corrected chi connectivity index (χ3v) is 9.04. The van der Waals surface area contributed by atoms with Crippen molar-refractivity contribution in [1.82, 2.24) is 0 Å². The standard InChI is InChI=1S/C36H44O16/c1-15(2)6-11-20-22(39)12-23(40)25-28(43)34(32(51-33(20)25)18-7-9-19(46-5)10-8-18)52-36-26(41)21(31(16(3)48-36)49-17(4)38)14-47-35-30(45)29(44)27(42)24(13-37)50-35/h6-10,12,16,21,24,26-27,29-31,35-37,39-42,44-45H,11,13-14H2,1-5H3. The second-order valence-electron chi connectivity index (χ2n) is 13.0. The summed E-state index contributed by atoms with van der Waals surface area (Å²) in [5.74, 6) is -2.89. The third kappa shape index (κ3) is 7.89. The van der Waals surface area contributed by atoms with Gasteiger partial charge in [-0.3, -0.25) is 9.59 Å². The maximum atomic E-state index is 14.3. The number of phenolic OH excluding ortho intramolecular Hbond substituents is 2. The number of aliphatic hydroxyl groups excluding tert-OH is 5. The van der Waals surface area contributed by atoms with Gasteiger partial charge in [-0.25, -0.2) is 0 Å². The first-order valence-corrected chi connectivity index (χ1v) is 16.6. The molecule has 0 saturated carbocycles. The second-order valence-corrected chi connectivity index (χ2v) is 13.0. The summed E-state index contributed by atoms with van der Waals surface area (Å²) in [4.78, 5) is 26.4. The molecule has 10 atom stereocenters. The molecular formula is C36H44O16. The normalized spacial score (nSPS) is 29.0. The van der Waals surface area contributed by atoms with Crippen LogP contribution >= 0.6 is 0 Å². The van der Waals surface area contributed by atoms with E-state index in [-0.39, 0.29) is 34.5 Å². The minimum Gasteiger partial charge on any atom is -0.507 e. The molecule has 2 fully saturated rings. The molecule has 3 heterocycles. The minimum atomic E-state index is -1.76. The molecule has 0 amide bonds. The van der Waals surface area contributed by atoms with Gasteiger partial charge < -0.3 is 68.6 Å². The number of benzene rings is 2. The zero-order chi connectivity index (χ0) is 38.0. The van der Waals surface area contributed by atoms with Gasteiger partial charge in [0.05, 0.1) is 32.3 Å². The number of fused-ring (bicyclic) bond motifs is 1. The van der Waals surface area contributed by atoms with Crippen LogP contribution in [0.1, 0.15) is 33.3 Å². The third-order valence-electron chi connectivity index (χ3n) is 9.04. The van der Waals surface area contributed by atoms with Crippen molar-refractivity contribution in [2.24, 2.45) is 5.92 Å². The van der Waals surface area contributed by atoms with Gasteiger partial charge >= 0.3 is 5.97 Å². The number of hydrogen-bond donors (Lipinski definition) is 7. The van der Waals surface area contributed by atoms with Crippen LogP contribution in [-0.2, 0) is 30.2 Å². The largest absolute Gasteiger partial charge is 0.507 e. The van der Waals surface area contributed by atoms with Crippen molar-refractivity contribution < 1.29 is 73.4 Å². The number of rotatable bonds is 11. The number of phenols is 2. The fourth-order valence-electron chi connectivity index (χ4n) is 6.22. The molecule has 2 aliphatic heterocycles. The van der Waals surface area contributed by atoms with Gasteiger partial charge in [0.25, 0.3) is 0 Å². The van der Waals surface area contributed by atoms with E-state index in [4.69, 9.17) is 32.8 Å². The summed E-state index contributed by atoms with van der Waals surface area (Å²) in [6, 6.07) is 7.41. The molecule has 10 unspecified atom stereocenters. The summed E-state index contributed by atoms with van der Waals surface area (Å²) in [7, 11) is 1.48. The van der Waals surface area contributed by atoms with E-state index in [1.807, 2.05) is 19.9 Å². The van der Waals surface area contributed by atoms with Crippen LogP contribution in [0.3, 0.4) is 0 Å². The Morgan fingerprint density at radius 3 is 2.23 bits per heavy atom. The van der Waals surface area contributed by atoms with Crippen LogP contribution in [-0.4, -0.2) is 117 Å². The molecule has 2 aromatic carbocycles. The second kappa shape index (κ2) is 16.2. The van der Waals surface area contributed by atoms with E-state index in [2.05, 4.69) is 0 Å². The number of allylic oxidation sites excluding steroid dienone is 2. The quantitative estimate of drug-likeness (QED) is 0.108. The van der Waals surface area contributed by atoms with E-state index in [0.717, 1.165) is 18.6 Å². The van der Waals surface area contributed by atoms with Gasteiger partial charge in [-0.15, -0.1) is 0 Å². The maximum absolute atomic E-state index is 14.3. The Bertz CT molecular complexity index is 1810. The lowest BCUT2D eigenvalue weighted by Gasteiger charge is -2.44. The lowest BCUT2D eigenvalue weighted by molar-refractivity contribution is -0.315. The summed E-state index contributed by atoms with van der Waals surface area (Å²) in [5, 5.41) is 73.5. The number of carbonyl (C=O) groups is 1. The molecule has 16 nitrogen and oxygen atoms in total. The average Bonchev–Trinajstić information content (AvgIpc) is 3.10. The molecule has 5 rings (SSSR count). The predicted octanol–water partition coefficient (Wildman–Crippen LogP) is 1.24. The van der Waals surface area contributed by atoms with Gasteiger partial charge in [0.2, 0.25) is 17.5 Å². The molecule has 16 heteroatoms. The average molecular weight is 733 g/mol. The minimum absolute atomic E-state index is 0.0997. The Morgan fingerprint density at radius 1 is 0.923 bits per heavy atom. The van der Waals surface area contributed by atoms with Gasteiger partial charge in [-0.1, -0.05) is 11.6 Å². The van der Waals surface area contributed by atoms with Crippen molar-refractivity contribution in [1.29, 1.82) is 0 Å². The number of esters is 1. The highest BCUT2D eigenvalue weighted by atomic mass is 16.7. The molecule has 0 spiro atoms. The first kappa shape index (κ1) is 39.0. The van der Waals surface area contributed by atoms with Crippen molar-refractivity contribution >= 4 is 16.9 Å². The van der Waals surface area contributed by atoms with E-state index in [9.17, 15) is 45.3 Å². The molecule has 0 radical (unpaired) electrons. The first-order chi connectivity index (χ1) is 24.7. The van der Waals surface area contributed by atoms with Crippen molar-refractivity contribution in [3.05, 3.63) is 57.8 Å². The van der Waals surface area contributed by atoms with Crippen LogP contribution < -0.4 is 14.9 Å². The van der Waals surface area contributed by atoms with Crippen LogP contribution in [0.2, 0.25) is 0 Å². The molecule has 284 valence electrons. The molecule has 7 N–H and O–H groups in total. The first-order valence-electron chi connectivity index (χ1n) is 16.6. The van der Waals surface area contributed by atoms with Crippen LogP contribution in [0.15, 0.2) is 51.2 Å². The lowest BCUT2D eigenvalue weighted by Crippen LogP contribution is -2.61. The molecule has 0 aliphatic carbocycles. The van der Waals surface area contributed by atoms with Crippen molar-refractivity contribution in [3.8, 4) is 34.3 Å². The fraction of sp³-hybridized carbons (Fsp3) is 0.500. The van der Waals surface area contributed by atoms with Crippen LogP contribution in [0.25, 0.3) is 22.3 Å². The Kier molecular flexibility index (Phi) is 12.1. The Balaban J connectivity index is 1.57. The highest BCUT2D eigenvalue weighted by Crippen LogP contribution is 2.41. The maximum Gasteiger partial charge on any atom is 0.303 e. The molecule has 3 aromatic rings. The van der Waals surface area contributed by atoms with Crippen LogP contribution in [0, 0.1) is 5.92 Å².